The van der Waals surface area contributed by atoms with Gasteiger partial charge in [0.25, 0.3) is 0 Å². The van der Waals surface area contributed by atoms with Crippen LogP contribution < -0.4 is 4.72 Å². The van der Waals surface area contributed by atoms with Gasteiger partial charge in [-0.15, -0.1) is 0 Å². The molecule has 0 aromatic rings. The fraction of sp³-hybridized carbons (Fsp3) is 0.900. The molecule has 0 heterocycles. The molecule has 0 aliphatic heterocycles. The summed E-state index contributed by atoms with van der Waals surface area (Å²) >= 11 is 0. The highest BCUT2D eigenvalue weighted by Crippen LogP contribution is 2.03. The van der Waals surface area contributed by atoms with Gasteiger partial charge in [0.05, 0.1) is 13.2 Å². The zero-order chi connectivity index (χ0) is 12.8. The number of hydrogen-bond donors (Lipinski definition) is 1. The number of ether oxygens (including phenoxy) is 2. The second kappa shape index (κ2) is 8.43. The summed E-state index contributed by atoms with van der Waals surface area (Å²) in [5.41, 5.74) is 0. The SMILES string of the molecule is C.COCC(COC)S(=O)(=O)NC(=O)C(C)C. The van der Waals surface area contributed by atoms with Crippen molar-refractivity contribution >= 4 is 15.9 Å². The van der Waals surface area contributed by atoms with E-state index in [9.17, 15) is 13.2 Å². The topological polar surface area (TPSA) is 81.7 Å². The molecule has 0 saturated carbocycles. The van der Waals surface area contributed by atoms with Crippen LogP contribution in [0, 0.1) is 5.92 Å². The minimum absolute atomic E-state index is 0. The maximum Gasteiger partial charge on any atom is 0.242 e. The molecule has 0 atom stereocenters. The number of amides is 1. The highest BCUT2D eigenvalue weighted by atomic mass is 32.2. The molecule has 0 aromatic heterocycles. The van der Waals surface area contributed by atoms with Crippen LogP contribution in [0.5, 0.6) is 0 Å². The molecule has 0 unspecified atom stereocenters. The van der Waals surface area contributed by atoms with E-state index < -0.39 is 21.2 Å². The zero-order valence-electron chi connectivity index (χ0n) is 10.0. The summed E-state index contributed by atoms with van der Waals surface area (Å²) in [6.07, 6.45) is 0. The standard InChI is InChI=1S/C9H19NO5S.CH4/c1-7(2)9(11)10-16(12,13)8(5-14-3)6-15-4;/h7-8H,5-6H2,1-4H3,(H,10,11);1H4. The second-order valence-corrected chi connectivity index (χ2v) is 5.66. The first-order valence-electron chi connectivity index (χ1n) is 4.88. The van der Waals surface area contributed by atoms with Crippen LogP contribution in [0.1, 0.15) is 21.3 Å². The molecule has 0 saturated heterocycles. The van der Waals surface area contributed by atoms with E-state index in [0.717, 1.165) is 0 Å². The maximum atomic E-state index is 11.7. The smallest absolute Gasteiger partial charge is 0.242 e. The first-order chi connectivity index (χ1) is 7.35. The molecule has 0 aromatic carbocycles. The Morgan fingerprint density at radius 1 is 1.18 bits per heavy atom. The highest BCUT2D eigenvalue weighted by molar-refractivity contribution is 7.90. The Morgan fingerprint density at radius 3 is 1.88 bits per heavy atom. The quantitative estimate of drug-likeness (QED) is 0.723. The van der Waals surface area contributed by atoms with Crippen LogP contribution >= 0.6 is 0 Å². The fourth-order valence-corrected chi connectivity index (χ4v) is 2.25. The van der Waals surface area contributed by atoms with Crippen LogP contribution in [0.3, 0.4) is 0 Å². The molecule has 0 rings (SSSR count). The Morgan fingerprint density at radius 2 is 1.59 bits per heavy atom. The first kappa shape index (κ1) is 18.7. The Kier molecular flexibility index (Phi) is 9.28. The lowest BCUT2D eigenvalue weighted by Gasteiger charge is -2.17. The van der Waals surface area contributed by atoms with E-state index in [2.05, 4.69) is 0 Å². The van der Waals surface area contributed by atoms with Gasteiger partial charge in [-0.2, -0.15) is 0 Å². The number of carbonyl (C=O) groups excluding carboxylic acids is 1. The van der Waals surface area contributed by atoms with Crippen molar-refractivity contribution in [1.29, 1.82) is 0 Å². The van der Waals surface area contributed by atoms with Gasteiger partial charge in [0.2, 0.25) is 15.9 Å². The van der Waals surface area contributed by atoms with Crippen LogP contribution in [0.4, 0.5) is 0 Å². The molecule has 1 N–H and O–H groups in total. The monoisotopic (exact) mass is 269 g/mol. The lowest BCUT2D eigenvalue weighted by atomic mass is 10.2. The van der Waals surface area contributed by atoms with Crippen LogP contribution in [-0.2, 0) is 24.3 Å². The van der Waals surface area contributed by atoms with Crippen molar-refractivity contribution in [2.75, 3.05) is 27.4 Å². The number of rotatable bonds is 7. The van der Waals surface area contributed by atoms with Gasteiger partial charge in [0.15, 0.2) is 0 Å². The van der Waals surface area contributed by atoms with E-state index in [1.807, 2.05) is 4.72 Å². The molecule has 17 heavy (non-hydrogen) atoms. The lowest BCUT2D eigenvalue weighted by Crippen LogP contribution is -2.44. The summed E-state index contributed by atoms with van der Waals surface area (Å²) in [6, 6.07) is 0. The third kappa shape index (κ3) is 6.60. The summed E-state index contributed by atoms with van der Waals surface area (Å²) in [5, 5.41) is -0.884. The second-order valence-electron chi connectivity index (χ2n) is 3.70. The number of nitrogens with one attached hydrogen (secondary N) is 1. The van der Waals surface area contributed by atoms with E-state index in [4.69, 9.17) is 9.47 Å². The molecule has 0 aliphatic carbocycles. The van der Waals surface area contributed by atoms with Crippen LogP contribution in [0.15, 0.2) is 0 Å². The predicted molar refractivity (Wildman–Crippen MR) is 66.2 cm³/mol. The van der Waals surface area contributed by atoms with Gasteiger partial charge in [-0.25, -0.2) is 8.42 Å². The normalized spacial score (nSPS) is 11.4. The molecule has 7 heteroatoms. The van der Waals surface area contributed by atoms with Crippen molar-refractivity contribution in [3.05, 3.63) is 0 Å². The summed E-state index contributed by atoms with van der Waals surface area (Å²) in [4.78, 5) is 11.3. The van der Waals surface area contributed by atoms with Crippen molar-refractivity contribution in [2.24, 2.45) is 5.92 Å². The Labute approximate surface area is 104 Å². The zero-order valence-corrected chi connectivity index (χ0v) is 10.8. The van der Waals surface area contributed by atoms with Gasteiger partial charge in [-0.1, -0.05) is 21.3 Å². The van der Waals surface area contributed by atoms with Crippen LogP contribution in [0.25, 0.3) is 0 Å². The van der Waals surface area contributed by atoms with E-state index in [0.29, 0.717) is 0 Å². The van der Waals surface area contributed by atoms with E-state index in [-0.39, 0.29) is 26.6 Å². The first-order valence-corrected chi connectivity index (χ1v) is 6.43. The van der Waals surface area contributed by atoms with Crippen molar-refractivity contribution in [2.45, 2.75) is 26.5 Å². The van der Waals surface area contributed by atoms with Crippen molar-refractivity contribution < 1.29 is 22.7 Å². The Hall–Kier alpha value is -0.660. The van der Waals surface area contributed by atoms with E-state index >= 15 is 0 Å². The molecule has 0 bridgehead atoms. The minimum Gasteiger partial charge on any atom is -0.383 e. The minimum atomic E-state index is -3.74. The molecular weight excluding hydrogens is 246 g/mol. The number of sulfonamides is 1. The largest absolute Gasteiger partial charge is 0.383 e. The number of carbonyl (C=O) groups is 1. The van der Waals surface area contributed by atoms with Gasteiger partial charge in [0, 0.05) is 20.1 Å². The molecule has 104 valence electrons. The summed E-state index contributed by atoms with van der Waals surface area (Å²) in [7, 11) is -0.958. The molecule has 0 aliphatic rings. The number of methoxy groups -OCH3 is 2. The van der Waals surface area contributed by atoms with Crippen LogP contribution in [-0.4, -0.2) is 47.0 Å². The predicted octanol–water partition coefficient (Wildman–Crippen LogP) is 0.386. The van der Waals surface area contributed by atoms with Crippen LogP contribution in [0.2, 0.25) is 0 Å². The third-order valence-corrected chi connectivity index (χ3v) is 3.55. The van der Waals surface area contributed by atoms with Gasteiger partial charge < -0.3 is 9.47 Å². The number of hydrogen-bond acceptors (Lipinski definition) is 5. The van der Waals surface area contributed by atoms with Gasteiger partial charge >= 0.3 is 0 Å². The van der Waals surface area contributed by atoms with Crippen molar-refractivity contribution in [3.63, 3.8) is 0 Å². The molecule has 0 radical (unpaired) electrons. The average molecular weight is 269 g/mol. The third-order valence-electron chi connectivity index (χ3n) is 1.91. The highest BCUT2D eigenvalue weighted by Gasteiger charge is 2.28. The van der Waals surface area contributed by atoms with E-state index in [1.54, 1.807) is 13.8 Å². The molecule has 1 amide bonds. The summed E-state index contributed by atoms with van der Waals surface area (Å²) in [5.74, 6) is -0.919. The fourth-order valence-electron chi connectivity index (χ4n) is 0.940. The maximum absolute atomic E-state index is 11.7. The molecule has 0 spiro atoms. The molecular formula is C10H23NO5S. The van der Waals surface area contributed by atoms with Gasteiger partial charge in [-0.05, 0) is 0 Å². The van der Waals surface area contributed by atoms with Gasteiger partial charge in [0.1, 0.15) is 5.25 Å². The Bertz CT molecular complexity index is 307. The lowest BCUT2D eigenvalue weighted by molar-refractivity contribution is -0.122. The molecule has 6 nitrogen and oxygen atoms in total. The van der Waals surface area contributed by atoms with Gasteiger partial charge in [-0.3, -0.25) is 9.52 Å². The van der Waals surface area contributed by atoms with Crippen molar-refractivity contribution in [3.8, 4) is 0 Å². The van der Waals surface area contributed by atoms with E-state index in [1.165, 1.54) is 14.2 Å². The van der Waals surface area contributed by atoms with Crippen molar-refractivity contribution in [1.82, 2.24) is 4.72 Å². The molecule has 0 fully saturated rings. The average Bonchev–Trinajstić information content (AvgIpc) is 2.16. The Balaban J connectivity index is 0. The summed E-state index contributed by atoms with van der Waals surface area (Å²) < 4.78 is 35.0. The summed E-state index contributed by atoms with van der Waals surface area (Å²) in [6.45, 7) is 3.20.